The maximum absolute atomic E-state index is 6.35. The summed E-state index contributed by atoms with van der Waals surface area (Å²) in [5.74, 6) is 0. The maximum Gasteiger partial charge on any atom is 0.0698 e. The first-order valence-electron chi connectivity index (χ1n) is 7.97. The fraction of sp³-hybridized carbons (Fsp3) is 0.647. The van der Waals surface area contributed by atoms with Gasteiger partial charge in [-0.05, 0) is 44.0 Å². The molecule has 2 rings (SSSR count). The summed E-state index contributed by atoms with van der Waals surface area (Å²) in [6, 6.07) is 8.48. The fourth-order valence-electron chi connectivity index (χ4n) is 3.09. The zero-order valence-electron chi connectivity index (χ0n) is 13.1. The molecule has 0 bridgehead atoms. The van der Waals surface area contributed by atoms with E-state index in [0.29, 0.717) is 12.1 Å². The first-order valence-corrected chi connectivity index (χ1v) is 8.35. The van der Waals surface area contributed by atoms with Crippen molar-refractivity contribution in [2.75, 3.05) is 33.3 Å². The van der Waals surface area contributed by atoms with Crippen LogP contribution in [-0.4, -0.2) is 44.3 Å². The summed E-state index contributed by atoms with van der Waals surface area (Å²) < 4.78 is 5.50. The highest BCUT2D eigenvalue weighted by Gasteiger charge is 2.21. The number of nitrogens with one attached hydrogen (secondary N) is 1. The molecule has 1 fully saturated rings. The smallest absolute Gasteiger partial charge is 0.0698 e. The van der Waals surface area contributed by atoms with E-state index in [1.165, 1.54) is 24.9 Å². The predicted octanol–water partition coefficient (Wildman–Crippen LogP) is 3.49. The van der Waals surface area contributed by atoms with Gasteiger partial charge in [0, 0.05) is 31.3 Å². The molecule has 0 saturated carbocycles. The summed E-state index contributed by atoms with van der Waals surface area (Å²) in [4.78, 5) is 2.51. The summed E-state index contributed by atoms with van der Waals surface area (Å²) in [6.45, 7) is 6.42. The van der Waals surface area contributed by atoms with Crippen molar-refractivity contribution in [1.82, 2.24) is 10.2 Å². The van der Waals surface area contributed by atoms with Crippen LogP contribution in [-0.2, 0) is 4.74 Å². The van der Waals surface area contributed by atoms with E-state index in [1.807, 2.05) is 19.2 Å². The number of ether oxygens (including phenoxy) is 1. The lowest BCUT2D eigenvalue weighted by Crippen LogP contribution is -2.40. The average Bonchev–Trinajstić information content (AvgIpc) is 2.52. The maximum atomic E-state index is 6.35. The largest absolute Gasteiger partial charge is 0.380 e. The Bertz CT molecular complexity index is 427. The minimum absolute atomic E-state index is 0.326. The molecule has 0 aliphatic carbocycles. The second kappa shape index (κ2) is 8.74. The van der Waals surface area contributed by atoms with Gasteiger partial charge < -0.3 is 15.0 Å². The molecular weight excluding hydrogens is 284 g/mol. The molecule has 1 heterocycles. The molecule has 1 aliphatic rings. The SMILES string of the molecule is CCNC(CCN1CCCC(OC)C1)c1ccccc1Cl. The fourth-order valence-corrected chi connectivity index (χ4v) is 3.36. The third kappa shape index (κ3) is 4.96. The van der Waals surface area contributed by atoms with Crippen LogP contribution in [0.15, 0.2) is 24.3 Å². The van der Waals surface area contributed by atoms with Gasteiger partial charge in [-0.15, -0.1) is 0 Å². The van der Waals surface area contributed by atoms with E-state index in [1.54, 1.807) is 0 Å². The normalized spacial score (nSPS) is 21.4. The van der Waals surface area contributed by atoms with E-state index in [0.717, 1.165) is 31.1 Å². The predicted molar refractivity (Wildman–Crippen MR) is 89.0 cm³/mol. The average molecular weight is 311 g/mol. The van der Waals surface area contributed by atoms with Gasteiger partial charge in [0.25, 0.3) is 0 Å². The van der Waals surface area contributed by atoms with Gasteiger partial charge in [-0.2, -0.15) is 0 Å². The van der Waals surface area contributed by atoms with E-state index in [4.69, 9.17) is 16.3 Å². The van der Waals surface area contributed by atoms with E-state index in [9.17, 15) is 0 Å². The number of piperidine rings is 1. The number of methoxy groups -OCH3 is 1. The molecule has 1 aromatic carbocycles. The Morgan fingerprint density at radius 2 is 2.24 bits per heavy atom. The van der Waals surface area contributed by atoms with Crippen molar-refractivity contribution < 1.29 is 4.74 Å². The molecule has 2 atom stereocenters. The van der Waals surface area contributed by atoms with Crippen molar-refractivity contribution in [2.24, 2.45) is 0 Å². The molecule has 118 valence electrons. The Labute approximate surface area is 133 Å². The second-order valence-electron chi connectivity index (χ2n) is 5.72. The van der Waals surface area contributed by atoms with Crippen molar-refractivity contribution in [3.05, 3.63) is 34.9 Å². The van der Waals surface area contributed by atoms with Crippen LogP contribution in [0.4, 0.5) is 0 Å². The summed E-state index contributed by atoms with van der Waals surface area (Å²) in [7, 11) is 1.82. The summed E-state index contributed by atoms with van der Waals surface area (Å²) in [5.41, 5.74) is 1.21. The number of rotatable bonds is 7. The first kappa shape index (κ1) is 16.8. The van der Waals surface area contributed by atoms with E-state index in [2.05, 4.69) is 29.3 Å². The molecule has 1 aromatic rings. The van der Waals surface area contributed by atoms with Gasteiger partial charge in [0.1, 0.15) is 0 Å². The lowest BCUT2D eigenvalue weighted by molar-refractivity contribution is 0.0301. The van der Waals surface area contributed by atoms with Crippen molar-refractivity contribution in [3.63, 3.8) is 0 Å². The van der Waals surface area contributed by atoms with Crippen LogP contribution < -0.4 is 5.32 Å². The van der Waals surface area contributed by atoms with Gasteiger partial charge in [0.15, 0.2) is 0 Å². The number of hydrogen-bond acceptors (Lipinski definition) is 3. The standard InChI is InChI=1S/C17H27ClN2O/c1-3-19-17(15-8-4-5-9-16(15)18)10-12-20-11-6-7-14(13-20)21-2/h4-5,8-9,14,17,19H,3,6-7,10-13H2,1-2H3. The molecule has 1 saturated heterocycles. The Morgan fingerprint density at radius 1 is 1.43 bits per heavy atom. The Morgan fingerprint density at radius 3 is 2.95 bits per heavy atom. The molecule has 0 aromatic heterocycles. The third-order valence-corrected chi connectivity index (χ3v) is 4.60. The summed E-state index contributed by atoms with van der Waals surface area (Å²) in [5, 5.41) is 4.42. The molecule has 1 aliphatic heterocycles. The lowest BCUT2D eigenvalue weighted by Gasteiger charge is -2.33. The number of nitrogens with zero attached hydrogens (tertiary/aromatic N) is 1. The van der Waals surface area contributed by atoms with Crippen LogP contribution in [0.5, 0.6) is 0 Å². The zero-order valence-corrected chi connectivity index (χ0v) is 13.9. The second-order valence-corrected chi connectivity index (χ2v) is 6.13. The van der Waals surface area contributed by atoms with Crippen LogP contribution in [0.25, 0.3) is 0 Å². The van der Waals surface area contributed by atoms with Gasteiger partial charge in [0.2, 0.25) is 0 Å². The molecule has 3 nitrogen and oxygen atoms in total. The van der Waals surface area contributed by atoms with Crippen molar-refractivity contribution in [3.8, 4) is 0 Å². The topological polar surface area (TPSA) is 24.5 Å². The first-order chi connectivity index (χ1) is 10.2. The van der Waals surface area contributed by atoms with Crippen LogP contribution in [0.3, 0.4) is 0 Å². The van der Waals surface area contributed by atoms with Crippen LogP contribution in [0.1, 0.15) is 37.8 Å². The van der Waals surface area contributed by atoms with Crippen LogP contribution >= 0.6 is 11.6 Å². The number of halogens is 1. The minimum Gasteiger partial charge on any atom is -0.380 e. The molecular formula is C17H27ClN2O. The van der Waals surface area contributed by atoms with E-state index >= 15 is 0 Å². The highest BCUT2D eigenvalue weighted by Crippen LogP contribution is 2.25. The van der Waals surface area contributed by atoms with Crippen LogP contribution in [0, 0.1) is 0 Å². The molecule has 21 heavy (non-hydrogen) atoms. The highest BCUT2D eigenvalue weighted by atomic mass is 35.5. The number of hydrogen-bond donors (Lipinski definition) is 1. The van der Waals surface area contributed by atoms with Crippen LogP contribution in [0.2, 0.25) is 5.02 Å². The van der Waals surface area contributed by atoms with Gasteiger partial charge in [-0.25, -0.2) is 0 Å². The van der Waals surface area contributed by atoms with E-state index in [-0.39, 0.29) is 0 Å². The Kier molecular flexibility index (Phi) is 6.97. The molecule has 0 amide bonds. The van der Waals surface area contributed by atoms with Gasteiger partial charge >= 0.3 is 0 Å². The van der Waals surface area contributed by atoms with E-state index < -0.39 is 0 Å². The Balaban J connectivity index is 1.92. The van der Waals surface area contributed by atoms with Gasteiger partial charge in [-0.3, -0.25) is 0 Å². The summed E-state index contributed by atoms with van der Waals surface area (Å²) in [6.07, 6.45) is 3.90. The lowest BCUT2D eigenvalue weighted by atomic mass is 10.0. The third-order valence-electron chi connectivity index (χ3n) is 4.26. The van der Waals surface area contributed by atoms with Gasteiger partial charge in [-0.1, -0.05) is 36.7 Å². The monoisotopic (exact) mass is 310 g/mol. The molecule has 0 radical (unpaired) electrons. The Hall–Kier alpha value is -0.610. The zero-order chi connectivity index (χ0) is 15.1. The number of likely N-dealkylation sites (tertiary alicyclic amines) is 1. The highest BCUT2D eigenvalue weighted by molar-refractivity contribution is 6.31. The molecule has 0 spiro atoms. The molecule has 4 heteroatoms. The molecule has 2 unspecified atom stereocenters. The minimum atomic E-state index is 0.326. The molecule has 1 N–H and O–H groups in total. The van der Waals surface area contributed by atoms with Crippen molar-refractivity contribution in [1.29, 1.82) is 0 Å². The summed E-state index contributed by atoms with van der Waals surface area (Å²) >= 11 is 6.35. The van der Waals surface area contributed by atoms with Gasteiger partial charge in [0.05, 0.1) is 6.10 Å². The van der Waals surface area contributed by atoms with Crippen molar-refractivity contribution >= 4 is 11.6 Å². The number of benzene rings is 1. The quantitative estimate of drug-likeness (QED) is 0.834. The van der Waals surface area contributed by atoms with Crippen molar-refractivity contribution in [2.45, 2.75) is 38.3 Å².